The molecule has 0 aliphatic carbocycles. The number of rotatable bonds is 0. The number of β-amino-alcohol motifs (C(OH)–C–C–N with tert-alkyl or cyclic N) is 2. The van der Waals surface area contributed by atoms with Crippen molar-refractivity contribution in [2.24, 2.45) is 0 Å². The van der Waals surface area contributed by atoms with Crippen LogP contribution in [0, 0.1) is 0 Å². The van der Waals surface area contributed by atoms with Crippen molar-refractivity contribution < 1.29 is 15.0 Å². The molecule has 3 N–H and O–H groups in total. The lowest BCUT2D eigenvalue weighted by atomic mass is 10.3. The third kappa shape index (κ3) is 0.893. The molecule has 1 fully saturated rings. The molecule has 0 spiro atoms. The van der Waals surface area contributed by atoms with Crippen LogP contribution < -0.4 is 5.43 Å². The van der Waals surface area contributed by atoms with Gasteiger partial charge in [0.25, 0.3) is 11.7 Å². The van der Waals surface area contributed by atoms with Crippen LogP contribution in [0.1, 0.15) is 0 Å². The Morgan fingerprint density at radius 2 is 2.33 bits per heavy atom. The highest BCUT2D eigenvalue weighted by molar-refractivity contribution is 5.84. The van der Waals surface area contributed by atoms with Gasteiger partial charge >= 0.3 is 0 Å². The minimum absolute atomic E-state index is 0.137. The number of carbonyl (C=O) groups excluding carboxylic acids is 1. The number of amides is 1. The summed E-state index contributed by atoms with van der Waals surface area (Å²) >= 11 is 0. The molecule has 0 aromatic heterocycles. The van der Waals surface area contributed by atoms with Gasteiger partial charge in [0, 0.05) is 7.05 Å². The molecule has 0 bridgehead atoms. The summed E-state index contributed by atoms with van der Waals surface area (Å²) in [6.45, 7) is -0.137. The number of aliphatic hydroxyl groups is 2. The Labute approximate surface area is 51.9 Å². The lowest BCUT2D eigenvalue weighted by molar-refractivity contribution is -0.177. The molecule has 0 aromatic carbocycles. The molecule has 5 nitrogen and oxygen atoms in total. The van der Waals surface area contributed by atoms with Gasteiger partial charge in [-0.1, -0.05) is 0 Å². The van der Waals surface area contributed by atoms with Gasteiger partial charge in [-0.2, -0.15) is 0 Å². The van der Waals surface area contributed by atoms with Gasteiger partial charge in [0.15, 0.2) is 0 Å². The molecule has 5 heteroatoms. The van der Waals surface area contributed by atoms with Gasteiger partial charge in [-0.15, -0.1) is 0 Å². The molecule has 0 atom stereocenters. The average molecular weight is 132 g/mol. The van der Waals surface area contributed by atoms with Gasteiger partial charge in [-0.05, 0) is 0 Å². The molecular weight excluding hydrogens is 124 g/mol. The third-order valence-corrected chi connectivity index (χ3v) is 1.21. The molecule has 1 aliphatic heterocycles. The normalized spacial score (nSPS) is 25.2. The maximum Gasteiger partial charge on any atom is 0.297 e. The van der Waals surface area contributed by atoms with Crippen LogP contribution in [0.15, 0.2) is 0 Å². The Morgan fingerprint density at radius 3 is 2.44 bits per heavy atom. The van der Waals surface area contributed by atoms with Crippen molar-refractivity contribution in [3.63, 3.8) is 0 Å². The summed E-state index contributed by atoms with van der Waals surface area (Å²) in [6, 6.07) is 0. The highest BCUT2D eigenvalue weighted by Gasteiger charge is 2.41. The number of likely N-dealkylation sites (N-methyl/N-ethyl adjacent to an activating group) is 1. The SMILES string of the molecule is CN1NCC(O)(O)C1=O. The second-order valence-corrected chi connectivity index (χ2v) is 2.02. The van der Waals surface area contributed by atoms with Gasteiger partial charge in [-0.3, -0.25) is 9.80 Å². The van der Waals surface area contributed by atoms with Gasteiger partial charge in [0.1, 0.15) is 0 Å². The molecule has 52 valence electrons. The van der Waals surface area contributed by atoms with E-state index in [0.29, 0.717) is 0 Å². The molecule has 0 unspecified atom stereocenters. The monoisotopic (exact) mass is 132 g/mol. The lowest BCUT2D eigenvalue weighted by Gasteiger charge is -2.10. The minimum atomic E-state index is -2.20. The Bertz CT molecular complexity index is 145. The molecule has 1 rings (SSSR count). The van der Waals surface area contributed by atoms with Crippen molar-refractivity contribution >= 4 is 5.91 Å². The van der Waals surface area contributed by atoms with Crippen molar-refractivity contribution in [1.29, 1.82) is 0 Å². The van der Waals surface area contributed by atoms with Crippen molar-refractivity contribution in [1.82, 2.24) is 10.4 Å². The predicted octanol–water partition coefficient (Wildman–Crippen LogP) is -2.36. The van der Waals surface area contributed by atoms with Crippen LogP contribution in [0.4, 0.5) is 0 Å². The summed E-state index contributed by atoms with van der Waals surface area (Å²) in [4.78, 5) is 10.6. The first-order valence-corrected chi connectivity index (χ1v) is 2.50. The average Bonchev–Trinajstić information content (AvgIpc) is 1.97. The first kappa shape index (κ1) is 6.47. The van der Waals surface area contributed by atoms with E-state index in [1.165, 1.54) is 7.05 Å². The Hall–Kier alpha value is -0.650. The topological polar surface area (TPSA) is 72.8 Å². The van der Waals surface area contributed by atoms with Crippen LogP contribution in [0.2, 0.25) is 0 Å². The van der Waals surface area contributed by atoms with Crippen molar-refractivity contribution in [2.75, 3.05) is 13.6 Å². The quantitative estimate of drug-likeness (QED) is 0.322. The number of nitrogens with zero attached hydrogens (tertiary/aromatic N) is 1. The maximum absolute atomic E-state index is 10.6. The van der Waals surface area contributed by atoms with E-state index >= 15 is 0 Å². The zero-order chi connectivity index (χ0) is 7.07. The minimum Gasteiger partial charge on any atom is -0.357 e. The number of hydrogen-bond donors (Lipinski definition) is 3. The summed E-state index contributed by atoms with van der Waals surface area (Å²) in [5.41, 5.74) is 2.44. The van der Waals surface area contributed by atoms with E-state index in [4.69, 9.17) is 10.2 Å². The number of carbonyl (C=O) groups is 1. The number of nitrogens with one attached hydrogen (secondary N) is 1. The second kappa shape index (κ2) is 1.66. The van der Waals surface area contributed by atoms with Gasteiger partial charge in [0.2, 0.25) is 0 Å². The largest absolute Gasteiger partial charge is 0.357 e. The van der Waals surface area contributed by atoms with E-state index < -0.39 is 11.7 Å². The summed E-state index contributed by atoms with van der Waals surface area (Å²) < 4.78 is 0. The molecule has 1 aliphatic rings. The van der Waals surface area contributed by atoms with Crippen LogP contribution >= 0.6 is 0 Å². The molecule has 0 radical (unpaired) electrons. The second-order valence-electron chi connectivity index (χ2n) is 2.02. The van der Waals surface area contributed by atoms with Crippen molar-refractivity contribution in [3.8, 4) is 0 Å². The standard InChI is InChI=1S/C4H8N2O3/c1-6-3(7)4(8,9)2-5-6/h5,8-9H,2H2,1H3. The van der Waals surface area contributed by atoms with Crippen LogP contribution in [0.25, 0.3) is 0 Å². The molecule has 1 heterocycles. The van der Waals surface area contributed by atoms with E-state index in [-0.39, 0.29) is 6.54 Å². The van der Waals surface area contributed by atoms with Gasteiger partial charge < -0.3 is 10.2 Å². The van der Waals surface area contributed by atoms with E-state index in [1.807, 2.05) is 0 Å². The van der Waals surface area contributed by atoms with E-state index in [1.54, 1.807) is 0 Å². The van der Waals surface area contributed by atoms with E-state index in [9.17, 15) is 4.79 Å². The fourth-order valence-corrected chi connectivity index (χ4v) is 0.645. The van der Waals surface area contributed by atoms with Crippen LogP contribution in [0.3, 0.4) is 0 Å². The first-order chi connectivity index (χ1) is 4.04. The Morgan fingerprint density at radius 1 is 1.78 bits per heavy atom. The zero-order valence-electron chi connectivity index (χ0n) is 4.96. The fraction of sp³-hybridized carbons (Fsp3) is 0.750. The van der Waals surface area contributed by atoms with E-state index in [0.717, 1.165) is 5.01 Å². The third-order valence-electron chi connectivity index (χ3n) is 1.21. The molecule has 1 saturated heterocycles. The molecule has 1 amide bonds. The van der Waals surface area contributed by atoms with Crippen LogP contribution in [0.5, 0.6) is 0 Å². The summed E-state index contributed by atoms with van der Waals surface area (Å²) in [6.07, 6.45) is 0. The van der Waals surface area contributed by atoms with Crippen molar-refractivity contribution in [2.45, 2.75) is 5.79 Å². The molecule has 0 aromatic rings. The van der Waals surface area contributed by atoms with Crippen LogP contribution in [-0.2, 0) is 4.79 Å². The highest BCUT2D eigenvalue weighted by atomic mass is 16.5. The van der Waals surface area contributed by atoms with Gasteiger partial charge in [-0.25, -0.2) is 5.43 Å². The number of hydrazine groups is 1. The smallest absolute Gasteiger partial charge is 0.297 e. The molecule has 0 saturated carbocycles. The fourth-order valence-electron chi connectivity index (χ4n) is 0.645. The van der Waals surface area contributed by atoms with E-state index in [2.05, 4.69) is 5.43 Å². The Kier molecular flexibility index (Phi) is 1.20. The van der Waals surface area contributed by atoms with Crippen LogP contribution in [-0.4, -0.2) is 40.5 Å². The summed E-state index contributed by atoms with van der Waals surface area (Å²) in [5.74, 6) is -2.92. The lowest BCUT2D eigenvalue weighted by Crippen LogP contribution is -2.39. The number of hydrogen-bond acceptors (Lipinski definition) is 4. The van der Waals surface area contributed by atoms with Gasteiger partial charge in [0.05, 0.1) is 6.54 Å². The van der Waals surface area contributed by atoms with Crippen molar-refractivity contribution in [3.05, 3.63) is 0 Å². The highest BCUT2D eigenvalue weighted by Crippen LogP contribution is 2.07. The molecule has 9 heavy (non-hydrogen) atoms. The maximum atomic E-state index is 10.6. The first-order valence-electron chi connectivity index (χ1n) is 2.50. The predicted molar refractivity (Wildman–Crippen MR) is 27.9 cm³/mol. The summed E-state index contributed by atoms with van der Waals surface area (Å²) in [5, 5.41) is 18.5. The molecular formula is C4H8N2O3. The Balaban J connectivity index is 2.74. The zero-order valence-corrected chi connectivity index (χ0v) is 4.96. The summed E-state index contributed by atoms with van der Waals surface area (Å²) in [7, 11) is 1.43.